The summed E-state index contributed by atoms with van der Waals surface area (Å²) in [6, 6.07) is 4.41. The molecular formula is C10H10Cl2FNO. The van der Waals surface area contributed by atoms with Gasteiger partial charge in [-0.3, -0.25) is 4.79 Å². The van der Waals surface area contributed by atoms with Crippen molar-refractivity contribution < 1.29 is 9.18 Å². The maximum absolute atomic E-state index is 13.5. The smallest absolute Gasteiger partial charge is 0.244 e. The number of benzene rings is 1. The highest BCUT2D eigenvalue weighted by atomic mass is 35.5. The normalized spacial score (nSPS) is 12.3. The van der Waals surface area contributed by atoms with Gasteiger partial charge in [-0.2, -0.15) is 0 Å². The van der Waals surface area contributed by atoms with E-state index < -0.39 is 11.2 Å². The molecule has 1 aromatic carbocycles. The van der Waals surface area contributed by atoms with Crippen LogP contribution in [-0.4, -0.2) is 24.9 Å². The zero-order valence-corrected chi connectivity index (χ0v) is 9.81. The largest absolute Gasteiger partial charge is 0.347 e. The molecular weight excluding hydrogens is 240 g/mol. The standard InChI is InChI=1S/C10H10Cl2FNO/c1-14(2)10(15)8(12)6-4-3-5-7(11)9(6)13/h3-5,8H,1-2H3. The molecule has 0 fully saturated rings. The van der Waals surface area contributed by atoms with Gasteiger partial charge >= 0.3 is 0 Å². The molecule has 1 aromatic rings. The average molecular weight is 250 g/mol. The van der Waals surface area contributed by atoms with Gasteiger partial charge in [0.15, 0.2) is 0 Å². The van der Waals surface area contributed by atoms with Crippen molar-refractivity contribution in [1.82, 2.24) is 4.90 Å². The molecule has 82 valence electrons. The summed E-state index contributed by atoms with van der Waals surface area (Å²) < 4.78 is 13.5. The molecule has 0 aliphatic rings. The third-order valence-electron chi connectivity index (χ3n) is 1.91. The third kappa shape index (κ3) is 2.61. The number of nitrogens with zero attached hydrogens (tertiary/aromatic N) is 1. The van der Waals surface area contributed by atoms with Crippen molar-refractivity contribution >= 4 is 29.1 Å². The van der Waals surface area contributed by atoms with Gasteiger partial charge in [-0.15, -0.1) is 11.6 Å². The number of amides is 1. The van der Waals surface area contributed by atoms with E-state index in [0.717, 1.165) is 0 Å². The Morgan fingerprint density at radius 1 is 1.47 bits per heavy atom. The predicted molar refractivity (Wildman–Crippen MR) is 58.7 cm³/mol. The molecule has 0 saturated heterocycles. The predicted octanol–water partition coefficient (Wildman–Crippen LogP) is 2.85. The Kier molecular flexibility index (Phi) is 3.94. The molecule has 1 unspecified atom stereocenters. The fraction of sp³-hybridized carbons (Fsp3) is 0.300. The van der Waals surface area contributed by atoms with Crippen molar-refractivity contribution in [2.75, 3.05) is 14.1 Å². The second-order valence-electron chi connectivity index (χ2n) is 3.24. The van der Waals surface area contributed by atoms with Crippen molar-refractivity contribution in [3.8, 4) is 0 Å². The van der Waals surface area contributed by atoms with Crippen molar-refractivity contribution in [3.63, 3.8) is 0 Å². The summed E-state index contributed by atoms with van der Waals surface area (Å²) in [7, 11) is 3.11. The first kappa shape index (κ1) is 12.3. The van der Waals surface area contributed by atoms with Crippen LogP contribution in [0, 0.1) is 5.82 Å². The van der Waals surface area contributed by atoms with E-state index in [1.54, 1.807) is 20.2 Å². The Hall–Kier alpha value is -0.800. The number of carbonyl (C=O) groups is 1. The fourth-order valence-electron chi connectivity index (χ4n) is 1.08. The second-order valence-corrected chi connectivity index (χ2v) is 4.08. The monoisotopic (exact) mass is 249 g/mol. The van der Waals surface area contributed by atoms with E-state index in [2.05, 4.69) is 0 Å². The molecule has 1 atom stereocenters. The lowest BCUT2D eigenvalue weighted by Gasteiger charge is -2.16. The highest BCUT2D eigenvalue weighted by Crippen LogP contribution is 2.28. The van der Waals surface area contributed by atoms with E-state index in [1.807, 2.05) is 0 Å². The Morgan fingerprint density at radius 3 is 2.60 bits per heavy atom. The molecule has 0 saturated carbocycles. The van der Waals surface area contributed by atoms with Gasteiger partial charge < -0.3 is 4.90 Å². The van der Waals surface area contributed by atoms with E-state index in [1.165, 1.54) is 17.0 Å². The lowest BCUT2D eigenvalue weighted by atomic mass is 10.1. The number of hydrogen-bond donors (Lipinski definition) is 0. The average Bonchev–Trinajstić information content (AvgIpc) is 2.20. The van der Waals surface area contributed by atoms with Gasteiger partial charge in [-0.1, -0.05) is 23.7 Å². The maximum atomic E-state index is 13.5. The summed E-state index contributed by atoms with van der Waals surface area (Å²) in [5, 5.41) is -1.08. The number of likely N-dealkylation sites (N-methyl/N-ethyl adjacent to an activating group) is 1. The Morgan fingerprint density at radius 2 is 2.07 bits per heavy atom. The number of alkyl halides is 1. The minimum atomic E-state index is -1.04. The lowest BCUT2D eigenvalue weighted by Crippen LogP contribution is -2.26. The van der Waals surface area contributed by atoms with Gasteiger partial charge in [0.25, 0.3) is 0 Å². The van der Waals surface area contributed by atoms with Crippen LogP contribution < -0.4 is 0 Å². The van der Waals surface area contributed by atoms with Gasteiger partial charge in [-0.05, 0) is 6.07 Å². The highest BCUT2D eigenvalue weighted by molar-refractivity contribution is 6.32. The number of rotatable bonds is 2. The van der Waals surface area contributed by atoms with E-state index in [-0.39, 0.29) is 16.5 Å². The van der Waals surface area contributed by atoms with Crippen LogP contribution in [0.1, 0.15) is 10.9 Å². The van der Waals surface area contributed by atoms with E-state index in [0.29, 0.717) is 0 Å². The zero-order valence-electron chi connectivity index (χ0n) is 8.30. The summed E-state index contributed by atoms with van der Waals surface area (Å²) in [4.78, 5) is 12.8. The van der Waals surface area contributed by atoms with Crippen molar-refractivity contribution in [2.45, 2.75) is 5.38 Å². The zero-order chi connectivity index (χ0) is 11.6. The van der Waals surface area contributed by atoms with Crippen LogP contribution in [-0.2, 0) is 4.79 Å². The maximum Gasteiger partial charge on any atom is 0.244 e. The molecule has 0 spiro atoms. The Labute approximate surface area is 97.6 Å². The first-order valence-corrected chi connectivity index (χ1v) is 5.05. The van der Waals surface area contributed by atoms with Gasteiger partial charge in [-0.25, -0.2) is 4.39 Å². The molecule has 1 rings (SSSR count). The summed E-state index contributed by atoms with van der Waals surface area (Å²) in [5.74, 6) is -1.02. The van der Waals surface area contributed by atoms with Crippen molar-refractivity contribution in [1.29, 1.82) is 0 Å². The van der Waals surface area contributed by atoms with Crippen LogP contribution in [0.4, 0.5) is 4.39 Å². The van der Waals surface area contributed by atoms with E-state index >= 15 is 0 Å². The molecule has 5 heteroatoms. The highest BCUT2D eigenvalue weighted by Gasteiger charge is 2.23. The minimum absolute atomic E-state index is 0.0373. The third-order valence-corrected chi connectivity index (χ3v) is 2.63. The first-order chi connectivity index (χ1) is 6.95. The molecule has 0 aliphatic carbocycles. The molecule has 2 nitrogen and oxygen atoms in total. The fourth-order valence-corrected chi connectivity index (χ4v) is 1.62. The molecule has 0 aliphatic heterocycles. The Bertz CT molecular complexity index is 382. The topological polar surface area (TPSA) is 20.3 Å². The quantitative estimate of drug-likeness (QED) is 0.739. The first-order valence-electron chi connectivity index (χ1n) is 4.24. The van der Waals surface area contributed by atoms with Crippen LogP contribution >= 0.6 is 23.2 Å². The van der Waals surface area contributed by atoms with Gasteiger partial charge in [0, 0.05) is 19.7 Å². The van der Waals surface area contributed by atoms with Crippen LogP contribution in [0.3, 0.4) is 0 Å². The van der Waals surface area contributed by atoms with Gasteiger partial charge in [0.05, 0.1) is 5.02 Å². The minimum Gasteiger partial charge on any atom is -0.347 e. The summed E-state index contributed by atoms with van der Waals surface area (Å²) >= 11 is 11.4. The van der Waals surface area contributed by atoms with Crippen LogP contribution in [0.5, 0.6) is 0 Å². The second kappa shape index (κ2) is 4.81. The van der Waals surface area contributed by atoms with Gasteiger partial charge in [0.1, 0.15) is 11.2 Å². The van der Waals surface area contributed by atoms with Crippen LogP contribution in [0.2, 0.25) is 5.02 Å². The number of hydrogen-bond acceptors (Lipinski definition) is 1. The van der Waals surface area contributed by atoms with Crippen LogP contribution in [0.15, 0.2) is 18.2 Å². The molecule has 1 amide bonds. The lowest BCUT2D eigenvalue weighted by molar-refractivity contribution is -0.128. The van der Waals surface area contributed by atoms with Crippen LogP contribution in [0.25, 0.3) is 0 Å². The molecule has 0 bridgehead atoms. The number of carbonyl (C=O) groups excluding carboxylic acids is 1. The molecule has 0 N–H and O–H groups in total. The summed E-state index contributed by atoms with van der Waals surface area (Å²) in [6.07, 6.45) is 0. The van der Waals surface area contributed by atoms with E-state index in [9.17, 15) is 9.18 Å². The summed E-state index contributed by atoms with van der Waals surface area (Å²) in [6.45, 7) is 0. The van der Waals surface area contributed by atoms with Crippen molar-refractivity contribution in [3.05, 3.63) is 34.6 Å². The molecule has 15 heavy (non-hydrogen) atoms. The van der Waals surface area contributed by atoms with E-state index in [4.69, 9.17) is 23.2 Å². The summed E-state index contributed by atoms with van der Waals surface area (Å²) in [5.41, 5.74) is 0.0999. The molecule has 0 radical (unpaired) electrons. The van der Waals surface area contributed by atoms with Gasteiger partial charge in [0.2, 0.25) is 5.91 Å². The number of halogens is 3. The molecule has 0 aromatic heterocycles. The Balaban J connectivity index is 3.06. The molecule has 0 heterocycles. The van der Waals surface area contributed by atoms with Crippen molar-refractivity contribution in [2.24, 2.45) is 0 Å². The SMILES string of the molecule is CN(C)C(=O)C(Cl)c1cccc(Cl)c1F.